The minimum absolute atomic E-state index is 0.148. The first kappa shape index (κ1) is 13.1. The van der Waals surface area contributed by atoms with Gasteiger partial charge in [0.2, 0.25) is 0 Å². The molecular weight excluding hydrogens is 172 g/mol. The van der Waals surface area contributed by atoms with Crippen molar-refractivity contribution in [3.05, 3.63) is 37.0 Å². The molecule has 0 aliphatic rings. The van der Waals surface area contributed by atoms with E-state index in [2.05, 4.69) is 18.0 Å². The first-order chi connectivity index (χ1) is 6.81. The third-order valence-electron chi connectivity index (χ3n) is 1.90. The van der Waals surface area contributed by atoms with Gasteiger partial charge in [0.25, 0.3) is 0 Å². The summed E-state index contributed by atoms with van der Waals surface area (Å²) in [5.41, 5.74) is 5.68. The fourth-order valence-electron chi connectivity index (χ4n) is 1.02. The van der Waals surface area contributed by atoms with Crippen LogP contribution in [0.3, 0.4) is 0 Å². The fourth-order valence-corrected chi connectivity index (χ4v) is 1.02. The molecule has 80 valence electrons. The standard InChI is InChI=1S/C12H22N2/c1-3-5-6-7-10-14-11-8-9-12(13)4-2/h3-7,12,14H,2,8-11,13H2,1H3/b5-3+,7-6+. The third kappa shape index (κ3) is 9.23. The van der Waals surface area contributed by atoms with Crippen molar-refractivity contribution in [2.75, 3.05) is 13.1 Å². The quantitative estimate of drug-likeness (QED) is 0.352. The van der Waals surface area contributed by atoms with Crippen LogP contribution in [0.4, 0.5) is 0 Å². The third-order valence-corrected chi connectivity index (χ3v) is 1.90. The van der Waals surface area contributed by atoms with Crippen molar-refractivity contribution in [3.63, 3.8) is 0 Å². The molecule has 0 aliphatic heterocycles. The van der Waals surface area contributed by atoms with Gasteiger partial charge in [-0.15, -0.1) is 6.58 Å². The molecule has 0 bridgehead atoms. The van der Waals surface area contributed by atoms with Crippen molar-refractivity contribution in [2.24, 2.45) is 5.73 Å². The molecule has 0 spiro atoms. The number of hydrogen-bond acceptors (Lipinski definition) is 2. The Hall–Kier alpha value is -0.860. The van der Waals surface area contributed by atoms with Gasteiger partial charge in [-0.3, -0.25) is 0 Å². The van der Waals surface area contributed by atoms with Crippen molar-refractivity contribution < 1.29 is 0 Å². The van der Waals surface area contributed by atoms with E-state index >= 15 is 0 Å². The first-order valence-corrected chi connectivity index (χ1v) is 5.18. The maximum Gasteiger partial charge on any atom is 0.0221 e. The van der Waals surface area contributed by atoms with E-state index in [1.54, 1.807) is 6.08 Å². The molecule has 0 rings (SSSR count). The highest BCUT2D eigenvalue weighted by Gasteiger charge is 1.94. The number of nitrogens with one attached hydrogen (secondary N) is 1. The molecule has 0 aromatic carbocycles. The number of hydrogen-bond donors (Lipinski definition) is 2. The Morgan fingerprint density at radius 2 is 2.21 bits per heavy atom. The smallest absolute Gasteiger partial charge is 0.0221 e. The van der Waals surface area contributed by atoms with E-state index in [-0.39, 0.29) is 6.04 Å². The highest BCUT2D eigenvalue weighted by Crippen LogP contribution is 1.92. The van der Waals surface area contributed by atoms with E-state index in [4.69, 9.17) is 5.73 Å². The Labute approximate surface area is 87.6 Å². The highest BCUT2D eigenvalue weighted by molar-refractivity contribution is 5.01. The lowest BCUT2D eigenvalue weighted by Crippen LogP contribution is -2.20. The Balaban J connectivity index is 3.17. The summed E-state index contributed by atoms with van der Waals surface area (Å²) in [4.78, 5) is 0. The van der Waals surface area contributed by atoms with Crippen molar-refractivity contribution in [1.82, 2.24) is 5.32 Å². The molecule has 0 aromatic rings. The Morgan fingerprint density at radius 1 is 1.43 bits per heavy atom. The molecule has 14 heavy (non-hydrogen) atoms. The second-order valence-electron chi connectivity index (χ2n) is 3.20. The first-order valence-electron chi connectivity index (χ1n) is 5.18. The van der Waals surface area contributed by atoms with E-state index in [1.807, 2.05) is 25.2 Å². The monoisotopic (exact) mass is 194 g/mol. The second-order valence-corrected chi connectivity index (χ2v) is 3.20. The Morgan fingerprint density at radius 3 is 2.86 bits per heavy atom. The summed E-state index contributed by atoms with van der Waals surface area (Å²) in [7, 11) is 0. The van der Waals surface area contributed by atoms with Gasteiger partial charge in [-0.1, -0.05) is 30.4 Å². The van der Waals surface area contributed by atoms with E-state index in [9.17, 15) is 0 Å². The zero-order valence-corrected chi connectivity index (χ0v) is 9.08. The molecule has 2 nitrogen and oxygen atoms in total. The average molecular weight is 194 g/mol. The van der Waals surface area contributed by atoms with Gasteiger partial charge in [0, 0.05) is 12.6 Å². The van der Waals surface area contributed by atoms with Crippen LogP contribution in [0.15, 0.2) is 37.0 Å². The average Bonchev–Trinajstić information content (AvgIpc) is 2.21. The Kier molecular flexibility index (Phi) is 9.59. The maximum atomic E-state index is 5.68. The molecule has 1 atom stereocenters. The molecule has 0 heterocycles. The lowest BCUT2D eigenvalue weighted by atomic mass is 10.2. The van der Waals surface area contributed by atoms with Crippen LogP contribution in [-0.2, 0) is 0 Å². The molecule has 0 radical (unpaired) electrons. The van der Waals surface area contributed by atoms with Crippen molar-refractivity contribution >= 4 is 0 Å². The normalized spacial score (nSPS) is 13.9. The molecule has 0 saturated heterocycles. The molecule has 0 aliphatic carbocycles. The van der Waals surface area contributed by atoms with Crippen LogP contribution in [-0.4, -0.2) is 19.1 Å². The maximum absolute atomic E-state index is 5.68. The van der Waals surface area contributed by atoms with E-state index in [0.29, 0.717) is 0 Å². The molecule has 0 aromatic heterocycles. The highest BCUT2D eigenvalue weighted by atomic mass is 14.8. The molecular formula is C12H22N2. The molecule has 0 saturated carbocycles. The largest absolute Gasteiger partial charge is 0.324 e. The van der Waals surface area contributed by atoms with Crippen LogP contribution in [0.5, 0.6) is 0 Å². The van der Waals surface area contributed by atoms with E-state index in [1.165, 1.54) is 0 Å². The van der Waals surface area contributed by atoms with E-state index in [0.717, 1.165) is 25.9 Å². The lowest BCUT2D eigenvalue weighted by Gasteiger charge is -2.05. The zero-order chi connectivity index (χ0) is 10.6. The predicted octanol–water partition coefficient (Wildman–Crippen LogP) is 2.00. The summed E-state index contributed by atoms with van der Waals surface area (Å²) in [5.74, 6) is 0. The van der Waals surface area contributed by atoms with Crippen LogP contribution in [0.1, 0.15) is 19.8 Å². The van der Waals surface area contributed by atoms with Gasteiger partial charge < -0.3 is 11.1 Å². The molecule has 0 fully saturated rings. The van der Waals surface area contributed by atoms with Crippen LogP contribution in [0, 0.1) is 0 Å². The van der Waals surface area contributed by atoms with Gasteiger partial charge in [-0.2, -0.15) is 0 Å². The van der Waals surface area contributed by atoms with Crippen LogP contribution >= 0.6 is 0 Å². The number of nitrogens with two attached hydrogens (primary N) is 1. The fraction of sp³-hybridized carbons (Fsp3) is 0.500. The summed E-state index contributed by atoms with van der Waals surface area (Å²) in [6, 6.07) is 0.148. The van der Waals surface area contributed by atoms with Crippen molar-refractivity contribution in [3.8, 4) is 0 Å². The minimum Gasteiger partial charge on any atom is -0.324 e. The topological polar surface area (TPSA) is 38.0 Å². The van der Waals surface area contributed by atoms with Gasteiger partial charge in [0.1, 0.15) is 0 Å². The van der Waals surface area contributed by atoms with Gasteiger partial charge >= 0.3 is 0 Å². The summed E-state index contributed by atoms with van der Waals surface area (Å²) >= 11 is 0. The van der Waals surface area contributed by atoms with Gasteiger partial charge in [-0.25, -0.2) is 0 Å². The van der Waals surface area contributed by atoms with Gasteiger partial charge in [0.15, 0.2) is 0 Å². The molecule has 3 N–H and O–H groups in total. The molecule has 2 heteroatoms. The summed E-state index contributed by atoms with van der Waals surface area (Å²) in [5, 5.41) is 3.31. The predicted molar refractivity (Wildman–Crippen MR) is 64.2 cm³/mol. The van der Waals surface area contributed by atoms with Gasteiger partial charge in [-0.05, 0) is 26.3 Å². The molecule has 1 unspecified atom stereocenters. The lowest BCUT2D eigenvalue weighted by molar-refractivity contribution is 0.619. The van der Waals surface area contributed by atoms with E-state index < -0.39 is 0 Å². The van der Waals surface area contributed by atoms with Crippen molar-refractivity contribution in [1.29, 1.82) is 0 Å². The molecule has 0 amide bonds. The number of allylic oxidation sites excluding steroid dienone is 3. The zero-order valence-electron chi connectivity index (χ0n) is 9.08. The summed E-state index contributed by atoms with van der Waals surface area (Å²) in [6.45, 7) is 7.59. The summed E-state index contributed by atoms with van der Waals surface area (Å²) in [6.07, 6.45) is 12.1. The SMILES string of the molecule is C=CC(N)CCCNC/C=C/C=C/C. The van der Waals surface area contributed by atoms with Gasteiger partial charge in [0.05, 0.1) is 0 Å². The van der Waals surface area contributed by atoms with Crippen LogP contribution in [0.25, 0.3) is 0 Å². The van der Waals surface area contributed by atoms with Crippen molar-refractivity contribution in [2.45, 2.75) is 25.8 Å². The minimum atomic E-state index is 0.148. The second kappa shape index (κ2) is 10.2. The van der Waals surface area contributed by atoms with Crippen LogP contribution < -0.4 is 11.1 Å². The summed E-state index contributed by atoms with van der Waals surface area (Å²) < 4.78 is 0. The Bertz CT molecular complexity index is 183. The number of rotatable bonds is 8. The van der Waals surface area contributed by atoms with Crippen LogP contribution in [0.2, 0.25) is 0 Å².